The van der Waals surface area contributed by atoms with E-state index in [9.17, 15) is 19.8 Å². The molecule has 0 saturated heterocycles. The van der Waals surface area contributed by atoms with Gasteiger partial charge >= 0.3 is 156 Å². The predicted molar refractivity (Wildman–Crippen MR) is 44.9 cm³/mol. The summed E-state index contributed by atoms with van der Waals surface area (Å²) in [4.78, 5) is 18.7. The molecule has 0 heterocycles. The number of carboxylic acid groups (broad SMARTS) is 2. The Balaban J connectivity index is -0.0000000139. The molecule has 2 atom stereocenters. The van der Waals surface area contributed by atoms with Gasteiger partial charge in [0.05, 0.1) is 24.1 Å². The molecule has 0 aliphatic rings. The van der Waals surface area contributed by atoms with Crippen molar-refractivity contribution in [1.29, 1.82) is 0 Å². The second-order valence-corrected chi connectivity index (χ2v) is 1.99. The number of rotatable bonds is 2. The first-order valence-corrected chi connectivity index (χ1v) is 3.06. The van der Waals surface area contributed by atoms with Gasteiger partial charge in [-0.25, -0.2) is 0 Å². The number of carbonyl (C=O) groups is 2. The zero-order valence-corrected chi connectivity index (χ0v) is 21.9. The van der Waals surface area contributed by atoms with Crippen molar-refractivity contribution in [2.45, 2.75) is 26.1 Å². The van der Waals surface area contributed by atoms with Gasteiger partial charge in [0, 0.05) is 0 Å². The van der Waals surface area contributed by atoms with Crippen LogP contribution in [0.4, 0.5) is 0 Å². The van der Waals surface area contributed by atoms with Crippen molar-refractivity contribution in [3.63, 3.8) is 0 Å². The maximum absolute atomic E-state index is 9.34. The van der Waals surface area contributed by atoms with Crippen LogP contribution in [0.2, 0.25) is 0 Å². The molecule has 0 bridgehead atoms. The molecule has 0 fully saturated rings. The fourth-order valence-electron chi connectivity index (χ4n) is 0. The van der Waals surface area contributed by atoms with Crippen molar-refractivity contribution >= 4 is 87.4 Å². The number of hydrogen-bond donors (Lipinski definition) is 2. The Morgan fingerprint density at radius 1 is 0.889 bits per heavy atom. The van der Waals surface area contributed by atoms with Crippen molar-refractivity contribution in [3.8, 4) is 0 Å². The Bertz CT molecular complexity index is 160. The van der Waals surface area contributed by atoms with Gasteiger partial charge in [0.1, 0.15) is 0 Å². The van der Waals surface area contributed by atoms with Crippen LogP contribution in [0.3, 0.4) is 0 Å². The molecule has 0 spiro atoms. The van der Waals surface area contributed by atoms with Crippen LogP contribution < -0.4 is 116 Å². The molecule has 6 nitrogen and oxygen atoms in total. The number of aliphatic carboxylic acids is 2. The maximum Gasteiger partial charge on any atom is 2.00 e. The summed E-state index contributed by atoms with van der Waals surface area (Å²) in [6.07, 6.45) is -2.69. The first kappa shape index (κ1) is 49.5. The molecular weight excluding hydrogens is 381 g/mol. The monoisotopic (exact) mass is 390 g/mol. The minimum Gasteiger partial charge on any atom is -1.00 e. The normalized spacial score (nSPS) is 9.11. The molecule has 88 valence electrons. The molecule has 0 aromatic carbocycles. The van der Waals surface area contributed by atoms with E-state index in [1.807, 2.05) is 0 Å². The van der Waals surface area contributed by atoms with Crippen LogP contribution in [0.5, 0.6) is 0 Å². The molecule has 0 saturated carbocycles. The van der Waals surface area contributed by atoms with Gasteiger partial charge in [-0.1, -0.05) is 0 Å². The third-order valence-corrected chi connectivity index (χ3v) is 0.682. The molecule has 0 amide bonds. The minimum atomic E-state index is -1.44. The van der Waals surface area contributed by atoms with E-state index in [2.05, 4.69) is 0 Å². The fraction of sp³-hybridized carbons (Fsp3) is 0.667. The smallest absolute Gasteiger partial charge is 1.00 e. The molecule has 2 unspecified atom stereocenters. The Labute approximate surface area is 243 Å². The quantitative estimate of drug-likeness (QED) is 0.451. The van der Waals surface area contributed by atoms with Crippen molar-refractivity contribution in [2.75, 3.05) is 0 Å². The summed E-state index contributed by atoms with van der Waals surface area (Å²) in [7, 11) is 0. The van der Waals surface area contributed by atoms with Gasteiger partial charge in [-0.05, 0) is 13.8 Å². The zero-order valence-electron chi connectivity index (χ0n) is 10.9. The molecule has 0 aliphatic carbocycles. The van der Waals surface area contributed by atoms with Crippen LogP contribution >= 0.6 is 0 Å². The first-order valence-electron chi connectivity index (χ1n) is 3.06. The van der Waals surface area contributed by atoms with Crippen molar-refractivity contribution < 1.29 is 136 Å². The largest absolute Gasteiger partial charge is 2.00 e. The molecule has 0 rings (SSSR count). The van der Waals surface area contributed by atoms with E-state index in [1.54, 1.807) is 0 Å². The van der Waals surface area contributed by atoms with E-state index in [1.165, 1.54) is 0 Å². The van der Waals surface area contributed by atoms with E-state index in [0.29, 0.717) is 0 Å². The molecule has 0 radical (unpaired) electrons. The minimum absolute atomic E-state index is 0. The predicted octanol–water partition coefficient (Wildman–Crippen LogP) is -16.5. The SMILES string of the molecule is CC(O)C(=O)[O-].CC(O)C(=O)[O-].[Ca+2].[Ca+2].[Cl-].[Cl-].[K+].[Na+]. The summed E-state index contributed by atoms with van der Waals surface area (Å²) in [5, 5.41) is 34.6. The average Bonchev–Trinajstić information content (AvgIpc) is 1.88. The number of aliphatic hydroxyl groups is 2. The van der Waals surface area contributed by atoms with Gasteiger partial charge in [0.25, 0.3) is 0 Å². The standard InChI is InChI=1S/2C3H6O3.2Ca.2ClH.K.Na/c2*1-2(4)3(5)6;;;;;;/h2*2,4H,1H3,(H,5,6);;;2*1H;;/q;;2*+2;;;2*+1/p-4. The summed E-state index contributed by atoms with van der Waals surface area (Å²) in [5.41, 5.74) is 0. The summed E-state index contributed by atoms with van der Waals surface area (Å²) >= 11 is 0. The number of carbonyl (C=O) groups excluding carboxylic acids is 2. The maximum atomic E-state index is 9.34. The van der Waals surface area contributed by atoms with Crippen LogP contribution in [0.15, 0.2) is 0 Å². The Kier molecular flexibility index (Phi) is 91.4. The van der Waals surface area contributed by atoms with E-state index in [-0.39, 0.29) is 181 Å². The second kappa shape index (κ2) is 33.3. The van der Waals surface area contributed by atoms with E-state index in [4.69, 9.17) is 10.2 Å². The van der Waals surface area contributed by atoms with E-state index in [0.717, 1.165) is 13.8 Å². The van der Waals surface area contributed by atoms with Gasteiger partial charge < -0.3 is 54.8 Å². The Morgan fingerprint density at radius 2 is 0.944 bits per heavy atom. The molecule has 12 heteroatoms. The molecule has 0 aromatic heterocycles. The average molecular weight is 391 g/mol. The molecule has 2 N–H and O–H groups in total. The van der Waals surface area contributed by atoms with E-state index >= 15 is 0 Å². The third kappa shape index (κ3) is 49.8. The summed E-state index contributed by atoms with van der Waals surface area (Å²) in [6, 6.07) is 0. The molecule has 0 aromatic rings. The topological polar surface area (TPSA) is 121 Å². The van der Waals surface area contributed by atoms with Crippen LogP contribution in [0.25, 0.3) is 0 Å². The van der Waals surface area contributed by atoms with Crippen molar-refractivity contribution in [3.05, 3.63) is 0 Å². The van der Waals surface area contributed by atoms with Gasteiger partial charge in [0.2, 0.25) is 0 Å². The van der Waals surface area contributed by atoms with Crippen molar-refractivity contribution in [1.82, 2.24) is 0 Å². The number of carboxylic acids is 2. The van der Waals surface area contributed by atoms with E-state index < -0.39 is 24.1 Å². The number of halogens is 2. The van der Waals surface area contributed by atoms with Gasteiger partial charge in [-0.15, -0.1) is 0 Å². The van der Waals surface area contributed by atoms with Crippen LogP contribution in [0.1, 0.15) is 13.8 Å². The Hall–Kier alpha value is 4.60. The molecule has 0 aliphatic heterocycles. The van der Waals surface area contributed by atoms with Crippen molar-refractivity contribution in [2.24, 2.45) is 0 Å². The first-order chi connectivity index (χ1) is 5.29. The number of aliphatic hydroxyl groups excluding tert-OH is 2. The second-order valence-electron chi connectivity index (χ2n) is 1.99. The third-order valence-electron chi connectivity index (χ3n) is 0.682. The molecular formula is C6H10Ca2Cl2KNaO6+2. The summed E-state index contributed by atoms with van der Waals surface area (Å²) in [6.45, 7) is 2.27. The Morgan fingerprint density at radius 3 is 0.944 bits per heavy atom. The zero-order chi connectivity index (χ0) is 10.3. The van der Waals surface area contributed by atoms with Gasteiger partial charge in [-0.2, -0.15) is 0 Å². The van der Waals surface area contributed by atoms with Crippen LogP contribution in [-0.4, -0.2) is 110 Å². The van der Waals surface area contributed by atoms with Gasteiger partial charge in [0.15, 0.2) is 0 Å². The number of hydrogen-bond acceptors (Lipinski definition) is 6. The molecule has 18 heavy (non-hydrogen) atoms. The summed E-state index contributed by atoms with van der Waals surface area (Å²) < 4.78 is 0. The fourth-order valence-corrected chi connectivity index (χ4v) is 0. The van der Waals surface area contributed by atoms with Crippen LogP contribution in [-0.2, 0) is 9.59 Å². The summed E-state index contributed by atoms with van der Waals surface area (Å²) in [5.74, 6) is -2.87. The van der Waals surface area contributed by atoms with Crippen LogP contribution in [0, 0.1) is 0 Å². The van der Waals surface area contributed by atoms with Gasteiger partial charge in [-0.3, -0.25) is 0 Å².